The number of hydrogen-bond acceptors (Lipinski definition) is 3. The number of quaternary nitrogens is 1. The molecule has 0 aliphatic heterocycles. The van der Waals surface area contributed by atoms with E-state index in [-0.39, 0.29) is 10.7 Å². The Morgan fingerprint density at radius 2 is 1.63 bits per heavy atom. The lowest BCUT2D eigenvalue weighted by Crippen LogP contribution is -2.83. The van der Waals surface area contributed by atoms with Gasteiger partial charge in [0.2, 0.25) is 10.0 Å². The molecule has 0 saturated heterocycles. The predicted molar refractivity (Wildman–Crippen MR) is 117 cm³/mol. The molecule has 0 unspecified atom stereocenters. The Hall–Kier alpha value is -2.26. The van der Waals surface area contributed by atoms with Gasteiger partial charge < -0.3 is 10.1 Å². The molecule has 0 bridgehead atoms. The van der Waals surface area contributed by atoms with Crippen LogP contribution in [0.3, 0.4) is 0 Å². The van der Waals surface area contributed by atoms with Gasteiger partial charge in [-0.15, -0.1) is 0 Å². The van der Waals surface area contributed by atoms with Crippen molar-refractivity contribution >= 4 is 26.0 Å². The molecule has 0 heterocycles. The number of primary sulfonamides is 1. The van der Waals surface area contributed by atoms with Gasteiger partial charge in [-0.1, -0.05) is 40.2 Å². The summed E-state index contributed by atoms with van der Waals surface area (Å²) >= 11 is 3.50. The van der Waals surface area contributed by atoms with E-state index in [9.17, 15) is 12.8 Å². The first kappa shape index (κ1) is 22.4. The minimum absolute atomic E-state index is 0.118. The maximum absolute atomic E-state index is 13.0. The monoisotopic (exact) mass is 493 g/mol. The Morgan fingerprint density at radius 1 is 0.967 bits per heavy atom. The topological polar surface area (TPSA) is 86.0 Å². The van der Waals surface area contributed by atoms with E-state index in [1.807, 2.05) is 18.2 Å². The number of nitrogens with two attached hydrogens (primary N) is 2. The minimum Gasteiger partial charge on any atom is -0.488 e. The number of halogens is 2. The molecular formula is C22H23BrFN2O3S+. The molecule has 158 valence electrons. The van der Waals surface area contributed by atoms with Gasteiger partial charge in [-0.2, -0.15) is 0 Å². The van der Waals surface area contributed by atoms with Crippen molar-refractivity contribution in [3.63, 3.8) is 0 Å². The first-order valence-electron chi connectivity index (χ1n) is 9.40. The van der Waals surface area contributed by atoms with Crippen molar-refractivity contribution in [1.82, 2.24) is 0 Å². The van der Waals surface area contributed by atoms with Crippen LogP contribution in [0.5, 0.6) is 5.75 Å². The van der Waals surface area contributed by atoms with E-state index >= 15 is 0 Å². The molecule has 0 amide bonds. The summed E-state index contributed by atoms with van der Waals surface area (Å²) in [4.78, 5) is 0.118. The van der Waals surface area contributed by atoms with Crippen molar-refractivity contribution in [3.8, 4) is 5.75 Å². The molecule has 0 saturated carbocycles. The Balaban J connectivity index is 1.54. The van der Waals surface area contributed by atoms with Crippen LogP contribution in [0.2, 0.25) is 0 Å². The number of ether oxygens (including phenoxy) is 1. The molecule has 0 atom stereocenters. The average Bonchev–Trinajstić information content (AvgIpc) is 2.71. The van der Waals surface area contributed by atoms with Crippen molar-refractivity contribution in [3.05, 3.63) is 93.7 Å². The summed E-state index contributed by atoms with van der Waals surface area (Å²) in [5, 5.41) is 7.29. The standard InChI is InChI=1S/C22H22BrFN2O3S/c23-19-5-10-22(29-15-17-1-6-20(24)7-2-17)18(13-19)14-26-12-11-16-3-8-21(9-4-16)30(25,27)28/h1-10,13,26H,11-12,14-15H2,(H2,25,27,28)/p+1. The second kappa shape index (κ2) is 10.2. The van der Waals surface area contributed by atoms with Gasteiger partial charge in [0, 0.05) is 16.5 Å². The van der Waals surface area contributed by atoms with Gasteiger partial charge in [0.1, 0.15) is 24.7 Å². The number of hydrogen-bond donors (Lipinski definition) is 2. The van der Waals surface area contributed by atoms with Crippen LogP contribution in [0.15, 0.2) is 76.1 Å². The SMILES string of the molecule is NS(=O)(=O)c1ccc(CC[NH2+]Cc2cc(Br)ccc2OCc2ccc(F)cc2)cc1. The van der Waals surface area contributed by atoms with Crippen LogP contribution in [0.1, 0.15) is 16.7 Å². The summed E-state index contributed by atoms with van der Waals surface area (Å²) in [5.74, 6) is 0.522. The number of rotatable bonds is 9. The summed E-state index contributed by atoms with van der Waals surface area (Å²) in [6.07, 6.45) is 0.796. The van der Waals surface area contributed by atoms with Gasteiger partial charge in [0.25, 0.3) is 0 Å². The average molecular weight is 494 g/mol. The summed E-state index contributed by atoms with van der Waals surface area (Å²) in [7, 11) is -3.66. The van der Waals surface area contributed by atoms with E-state index in [0.29, 0.717) is 6.61 Å². The normalized spacial score (nSPS) is 11.4. The fourth-order valence-electron chi connectivity index (χ4n) is 2.96. The zero-order valence-corrected chi connectivity index (χ0v) is 18.6. The van der Waals surface area contributed by atoms with Gasteiger partial charge in [0.05, 0.1) is 11.4 Å². The molecule has 3 rings (SSSR count). The third-order valence-corrected chi connectivity index (χ3v) is 6.01. The zero-order chi connectivity index (χ0) is 21.6. The van der Waals surface area contributed by atoms with Crippen molar-refractivity contribution < 1.29 is 22.9 Å². The Morgan fingerprint density at radius 3 is 2.30 bits per heavy atom. The fourth-order valence-corrected chi connectivity index (χ4v) is 3.89. The molecule has 0 aliphatic carbocycles. The van der Waals surface area contributed by atoms with E-state index in [1.54, 1.807) is 24.3 Å². The Bertz CT molecular complexity index is 1090. The molecule has 4 N–H and O–H groups in total. The Labute approximate surface area is 184 Å². The van der Waals surface area contributed by atoms with Gasteiger partial charge in [-0.25, -0.2) is 17.9 Å². The highest BCUT2D eigenvalue weighted by Gasteiger charge is 2.09. The molecule has 0 aromatic heterocycles. The van der Waals surface area contributed by atoms with Gasteiger partial charge in [-0.3, -0.25) is 0 Å². The van der Waals surface area contributed by atoms with Crippen LogP contribution in [0.25, 0.3) is 0 Å². The summed E-state index contributed by atoms with van der Waals surface area (Å²) in [6.45, 7) is 1.93. The third kappa shape index (κ3) is 6.63. The quantitative estimate of drug-likeness (QED) is 0.449. The van der Waals surface area contributed by atoms with Gasteiger partial charge >= 0.3 is 0 Å². The zero-order valence-electron chi connectivity index (χ0n) is 16.2. The lowest BCUT2D eigenvalue weighted by molar-refractivity contribution is -0.670. The largest absolute Gasteiger partial charge is 0.488 e. The maximum Gasteiger partial charge on any atom is 0.238 e. The van der Waals surface area contributed by atoms with Crippen LogP contribution in [-0.2, 0) is 29.6 Å². The highest BCUT2D eigenvalue weighted by Crippen LogP contribution is 2.23. The second-order valence-corrected chi connectivity index (χ2v) is 9.36. The summed E-state index contributed by atoms with van der Waals surface area (Å²) in [5.41, 5.74) is 2.99. The van der Waals surface area contributed by atoms with Crippen molar-refractivity contribution in [2.45, 2.75) is 24.5 Å². The van der Waals surface area contributed by atoms with Gasteiger partial charge in [-0.05, 0) is 53.6 Å². The van der Waals surface area contributed by atoms with E-state index < -0.39 is 10.0 Å². The highest BCUT2D eigenvalue weighted by molar-refractivity contribution is 9.10. The van der Waals surface area contributed by atoms with Crippen LogP contribution >= 0.6 is 15.9 Å². The third-order valence-electron chi connectivity index (χ3n) is 4.58. The lowest BCUT2D eigenvalue weighted by Gasteiger charge is -2.12. The smallest absolute Gasteiger partial charge is 0.238 e. The summed E-state index contributed by atoms with van der Waals surface area (Å²) < 4.78 is 42.6. The second-order valence-electron chi connectivity index (χ2n) is 6.89. The lowest BCUT2D eigenvalue weighted by atomic mass is 10.1. The van der Waals surface area contributed by atoms with Crippen LogP contribution in [-0.4, -0.2) is 15.0 Å². The fraction of sp³-hybridized carbons (Fsp3) is 0.182. The first-order chi connectivity index (χ1) is 14.3. The van der Waals surface area contributed by atoms with Crippen molar-refractivity contribution in [2.75, 3.05) is 6.54 Å². The van der Waals surface area contributed by atoms with Crippen LogP contribution < -0.4 is 15.2 Å². The minimum atomic E-state index is -3.66. The number of benzene rings is 3. The molecule has 0 fully saturated rings. The molecule has 5 nitrogen and oxygen atoms in total. The molecule has 0 spiro atoms. The highest BCUT2D eigenvalue weighted by atomic mass is 79.9. The maximum atomic E-state index is 13.0. The van der Waals surface area contributed by atoms with Gasteiger partial charge in [0.15, 0.2) is 0 Å². The Kier molecular flexibility index (Phi) is 7.60. The van der Waals surface area contributed by atoms with E-state index in [4.69, 9.17) is 9.88 Å². The van der Waals surface area contributed by atoms with Crippen molar-refractivity contribution in [2.24, 2.45) is 5.14 Å². The molecule has 3 aromatic rings. The molecule has 30 heavy (non-hydrogen) atoms. The predicted octanol–water partition coefficient (Wildman–Crippen LogP) is 3.12. The first-order valence-corrected chi connectivity index (χ1v) is 11.7. The molecular weight excluding hydrogens is 471 g/mol. The number of sulfonamides is 1. The van der Waals surface area contributed by atoms with E-state index in [1.165, 1.54) is 24.3 Å². The molecule has 3 aromatic carbocycles. The van der Waals surface area contributed by atoms with Crippen LogP contribution in [0, 0.1) is 5.82 Å². The molecule has 0 radical (unpaired) electrons. The van der Waals surface area contributed by atoms with Crippen molar-refractivity contribution in [1.29, 1.82) is 0 Å². The van der Waals surface area contributed by atoms with E-state index in [2.05, 4.69) is 21.2 Å². The molecule has 8 heteroatoms. The van der Waals surface area contributed by atoms with E-state index in [0.717, 1.165) is 46.4 Å². The molecule has 0 aliphatic rings. The summed E-state index contributed by atoms with van der Waals surface area (Å²) in [6, 6.07) is 18.8. The van der Waals surface area contributed by atoms with Crippen LogP contribution in [0.4, 0.5) is 4.39 Å².